The maximum atomic E-state index is 15.6. The molecule has 101 heavy (non-hydrogen) atoms. The molecule has 9 aromatic rings. The summed E-state index contributed by atoms with van der Waals surface area (Å²) < 4.78 is 36.8. The van der Waals surface area contributed by atoms with Crippen molar-refractivity contribution in [2.24, 2.45) is 0 Å². The Hall–Kier alpha value is -10.7. The van der Waals surface area contributed by atoms with E-state index in [-0.39, 0.29) is 79.8 Å². The predicted octanol–water partition coefficient (Wildman–Crippen LogP) is 11.9. The first-order valence-electron chi connectivity index (χ1n) is 34.3. The van der Waals surface area contributed by atoms with E-state index in [0.29, 0.717) is 91.1 Å². The predicted molar refractivity (Wildman–Crippen MR) is 397 cm³/mol. The Balaban J connectivity index is 1.13. The molecule has 2 aliphatic rings. The van der Waals surface area contributed by atoms with Crippen LogP contribution in [0.2, 0.25) is 0 Å². The van der Waals surface area contributed by atoms with Crippen molar-refractivity contribution in [1.82, 2.24) is 45.0 Å². The molecular weight excluding hydrogens is 1300 g/mol. The Bertz CT molecular complexity index is 4440. The van der Waals surface area contributed by atoms with E-state index in [1.54, 1.807) is 177 Å². The molecule has 5 heterocycles. The maximum absolute atomic E-state index is 15.6. The minimum absolute atomic E-state index is 0.0152. The van der Waals surface area contributed by atoms with E-state index >= 15 is 14.4 Å². The van der Waals surface area contributed by atoms with Gasteiger partial charge in [-0.15, -0.1) is 0 Å². The molecule has 9 N–H and O–H groups in total. The zero-order valence-corrected chi connectivity index (χ0v) is 57.6. The van der Waals surface area contributed by atoms with Gasteiger partial charge in [-0.05, 0) is 211 Å². The van der Waals surface area contributed by atoms with E-state index < -0.39 is 33.7 Å². The molecule has 24 heteroatoms. The quantitative estimate of drug-likeness (QED) is 0.0177. The monoisotopic (exact) mass is 1380 g/mol. The van der Waals surface area contributed by atoms with Crippen LogP contribution < -0.4 is 47.3 Å². The molecule has 2 fully saturated rings. The van der Waals surface area contributed by atoms with Gasteiger partial charge in [0.25, 0.3) is 29.5 Å². The van der Waals surface area contributed by atoms with Crippen LogP contribution in [0.25, 0.3) is 22.3 Å². The van der Waals surface area contributed by atoms with Crippen molar-refractivity contribution in [3.63, 3.8) is 0 Å². The van der Waals surface area contributed by atoms with E-state index in [1.165, 1.54) is 25.0 Å². The number of nitrogens with one attached hydrogen (secondary N) is 9. The van der Waals surface area contributed by atoms with Gasteiger partial charge in [0.1, 0.15) is 0 Å². The molecule has 0 unspecified atom stereocenters. The highest BCUT2D eigenvalue weighted by Gasteiger charge is 2.30. The Morgan fingerprint density at radius 2 is 0.911 bits per heavy atom. The third-order valence-corrected chi connectivity index (χ3v) is 19.1. The molecular formula is C77H85N15O8S. The number of carbonyl (C=O) groups excluding carboxylic acids is 5. The van der Waals surface area contributed by atoms with Crippen LogP contribution in [0.15, 0.2) is 200 Å². The van der Waals surface area contributed by atoms with Crippen molar-refractivity contribution in [1.29, 1.82) is 0 Å². The summed E-state index contributed by atoms with van der Waals surface area (Å²) in [4.78, 5) is 94.2. The number of sulfonamides is 1. The highest BCUT2D eigenvalue weighted by molar-refractivity contribution is 7.89. The fourth-order valence-electron chi connectivity index (χ4n) is 12.4. The summed E-state index contributed by atoms with van der Waals surface area (Å²) in [6.07, 6.45) is 13.7. The molecule has 0 atom stereocenters. The zero-order valence-electron chi connectivity index (χ0n) is 56.8. The van der Waals surface area contributed by atoms with Crippen molar-refractivity contribution in [2.45, 2.75) is 50.8 Å². The van der Waals surface area contributed by atoms with Gasteiger partial charge < -0.3 is 57.1 Å². The van der Waals surface area contributed by atoms with E-state index in [2.05, 4.69) is 90.8 Å². The number of nitrogens with zero attached hydrogens (tertiary/aromatic N) is 6. The number of pyridine rings is 3. The van der Waals surface area contributed by atoms with E-state index in [0.717, 1.165) is 52.2 Å². The summed E-state index contributed by atoms with van der Waals surface area (Å²) in [6, 6.07) is 43.8. The number of ether oxygens (including phenoxy) is 1. The first kappa shape index (κ1) is 71.6. The molecule has 0 spiro atoms. The summed E-state index contributed by atoms with van der Waals surface area (Å²) >= 11 is 0. The molecule has 6 aromatic carbocycles. The second-order valence-corrected chi connectivity index (χ2v) is 26.3. The number of anilines is 9. The Kier molecular flexibility index (Phi) is 25.0. The Labute approximate surface area is 589 Å². The maximum Gasteiger partial charge on any atom is 0.256 e. The number of benzene rings is 6. The zero-order chi connectivity index (χ0) is 70.3. The van der Waals surface area contributed by atoms with Crippen LogP contribution in [0.1, 0.15) is 97.7 Å². The van der Waals surface area contributed by atoms with Crippen molar-refractivity contribution in [2.75, 3.05) is 124 Å². The molecule has 23 nitrogen and oxygen atoms in total. The van der Waals surface area contributed by atoms with Gasteiger partial charge in [0.15, 0.2) is 0 Å². The molecule has 2 aliphatic heterocycles. The summed E-state index contributed by atoms with van der Waals surface area (Å²) in [7, 11) is -4.06. The van der Waals surface area contributed by atoms with Gasteiger partial charge in [-0.25, -0.2) is 13.1 Å². The van der Waals surface area contributed by atoms with Crippen molar-refractivity contribution in [3.05, 3.63) is 223 Å². The smallest absolute Gasteiger partial charge is 0.256 e. The second kappa shape index (κ2) is 35.4. The average Bonchev–Trinajstić information content (AvgIpc) is 0.850. The normalized spacial score (nSPS) is 13.3. The van der Waals surface area contributed by atoms with Gasteiger partial charge in [-0.2, -0.15) is 0 Å². The SMILES string of the molecule is CCN(CC)CCCNS(=O)(=O)c1cccc(Nc2cccc(C(=O)Nc3ccncc3)c2-c2cc(C(=O)NCCCN3CCOCC3)cc(Nc3cccc(C(=O)Nc4ccncc4)c3)c2-c2c(Nc3cccc(C(=O)NCCCN4CCCC4)c3)cccc2C(=O)Nc2ccncc2)c1. The number of aromatic nitrogens is 3. The first-order chi connectivity index (χ1) is 49.3. The van der Waals surface area contributed by atoms with E-state index in [9.17, 15) is 18.0 Å². The topological polar surface area (TPSA) is 285 Å². The number of hydrogen-bond donors (Lipinski definition) is 9. The van der Waals surface area contributed by atoms with Crippen molar-refractivity contribution >= 4 is 90.7 Å². The van der Waals surface area contributed by atoms with Crippen LogP contribution in [0, 0.1) is 0 Å². The molecule has 11 rings (SSSR count). The lowest BCUT2D eigenvalue weighted by atomic mass is 9.84. The first-order valence-corrected chi connectivity index (χ1v) is 35.8. The standard InChI is InChI=1S/C77H85N15O8S/c1-3-90(4-2)42-14-33-83-101(98,99)63-20-9-19-62(53-63)85-67-23-10-21-64(76(96)88-58-27-36-79-37-28-58)70(67)66-51-56(74(94)82-32-13-44-92-45-47-100-48-46-92)52-69(86-61-18-8-16-55(50-61)75(95)87-57-25-34-78-35-26-57)72(66)71-65(77(97)89-59-29-38-80-39-30-59)22-11-24-68(71)84-60-17-7-15-54(49-60)73(93)81-31-12-43-91-40-5-6-41-91/h7-11,15-30,34-39,49-53,83-86H,3-6,12-14,31-33,40-48H2,1-2H3,(H,81,93)(H,82,94)(H,78,87,95)(H,79,88,96)(H,80,89,97). The fraction of sp³-hybridized carbons (Fsp3) is 0.273. The van der Waals surface area contributed by atoms with Crippen LogP contribution in [0.5, 0.6) is 0 Å². The summed E-state index contributed by atoms with van der Waals surface area (Å²) in [5.74, 6) is -2.32. The average molecular weight is 1380 g/mol. The van der Waals surface area contributed by atoms with Gasteiger partial charge in [0.05, 0.1) is 18.1 Å². The Morgan fingerprint density at radius 3 is 1.47 bits per heavy atom. The van der Waals surface area contributed by atoms with E-state index in [4.69, 9.17) is 4.74 Å². The van der Waals surface area contributed by atoms with Gasteiger partial charge in [0.2, 0.25) is 10.0 Å². The summed E-state index contributed by atoms with van der Waals surface area (Å²) in [5.41, 5.74) is 5.38. The number of rotatable bonds is 32. The van der Waals surface area contributed by atoms with Crippen LogP contribution in [-0.2, 0) is 14.8 Å². The molecule has 0 saturated carbocycles. The minimum Gasteiger partial charge on any atom is -0.379 e. The molecule has 0 aliphatic carbocycles. The summed E-state index contributed by atoms with van der Waals surface area (Å²) in [6.45, 7) is 13.9. The third kappa shape index (κ3) is 19.6. The summed E-state index contributed by atoms with van der Waals surface area (Å²) in [5, 5.41) is 26.1. The number of carbonyl (C=O) groups is 5. The molecule has 0 radical (unpaired) electrons. The van der Waals surface area contributed by atoms with E-state index in [1.807, 2.05) is 6.07 Å². The number of amides is 5. The van der Waals surface area contributed by atoms with Crippen LogP contribution in [0.3, 0.4) is 0 Å². The molecule has 5 amide bonds. The van der Waals surface area contributed by atoms with Crippen LogP contribution in [0.4, 0.5) is 51.2 Å². The highest BCUT2D eigenvalue weighted by Crippen LogP contribution is 2.49. The molecule has 3 aromatic heterocycles. The number of likely N-dealkylation sites (tertiary alicyclic amines) is 1. The van der Waals surface area contributed by atoms with Gasteiger partial charge >= 0.3 is 0 Å². The third-order valence-electron chi connectivity index (χ3n) is 17.6. The van der Waals surface area contributed by atoms with Crippen LogP contribution >= 0.6 is 0 Å². The van der Waals surface area contributed by atoms with Crippen molar-refractivity contribution < 1.29 is 37.1 Å². The second-order valence-electron chi connectivity index (χ2n) is 24.5. The van der Waals surface area contributed by atoms with Gasteiger partial charge in [-0.3, -0.25) is 43.8 Å². The fourth-order valence-corrected chi connectivity index (χ4v) is 13.5. The van der Waals surface area contributed by atoms with Crippen LogP contribution in [-0.4, -0.2) is 159 Å². The van der Waals surface area contributed by atoms with Gasteiger partial charge in [-0.1, -0.05) is 44.2 Å². The number of hydrogen-bond acceptors (Lipinski definition) is 17. The lowest BCUT2D eigenvalue weighted by Gasteiger charge is -2.26. The lowest BCUT2D eigenvalue weighted by Crippen LogP contribution is -2.38. The number of morpholine rings is 1. The molecule has 2 saturated heterocycles. The Morgan fingerprint density at radius 1 is 0.446 bits per heavy atom. The molecule has 0 bridgehead atoms. The molecule has 522 valence electrons. The van der Waals surface area contributed by atoms with Crippen molar-refractivity contribution in [3.8, 4) is 22.3 Å². The lowest BCUT2D eigenvalue weighted by molar-refractivity contribution is 0.0374. The van der Waals surface area contributed by atoms with Gasteiger partial charge in [0, 0.05) is 166 Å². The largest absolute Gasteiger partial charge is 0.379 e. The minimum atomic E-state index is -4.06. The highest BCUT2D eigenvalue weighted by atomic mass is 32.2.